The molecule has 0 unspecified atom stereocenters. The van der Waals surface area contributed by atoms with E-state index in [1.165, 1.54) is 13.3 Å². The van der Waals surface area contributed by atoms with Crippen LogP contribution in [-0.4, -0.2) is 140 Å². The molecule has 0 atom stereocenters. The fraction of sp³-hybridized carbons (Fsp3) is 0.422. The molecule has 6 rings (SSSR count). The summed E-state index contributed by atoms with van der Waals surface area (Å²) in [6, 6.07) is 21.8. The minimum absolute atomic E-state index is 0.0467. The Morgan fingerprint density at radius 2 is 1.02 bits per heavy atom. The van der Waals surface area contributed by atoms with E-state index in [4.69, 9.17) is 14.2 Å². The summed E-state index contributed by atoms with van der Waals surface area (Å²) in [5, 5.41) is 0. The number of hydrogen-bond donors (Lipinski definition) is 0. The number of urea groups is 2. The maximum Gasteiger partial charge on any atom is 0.339 e. The summed E-state index contributed by atoms with van der Waals surface area (Å²) in [4.78, 5) is 71.0. The maximum atomic E-state index is 13.4. The van der Waals surface area contributed by atoms with Crippen LogP contribution in [0.4, 0.5) is 21.0 Å². The molecule has 60 heavy (non-hydrogen) atoms. The molecule has 0 aliphatic carbocycles. The Morgan fingerprint density at radius 1 is 0.583 bits per heavy atom. The molecule has 320 valence electrons. The van der Waals surface area contributed by atoms with E-state index in [9.17, 15) is 19.2 Å². The largest absolute Gasteiger partial charge is 0.497 e. The van der Waals surface area contributed by atoms with Crippen LogP contribution in [0.2, 0.25) is 0 Å². The number of ketones is 1. The zero-order valence-electron chi connectivity index (χ0n) is 35.7. The highest BCUT2D eigenvalue weighted by molar-refractivity contribution is 5.96. The van der Waals surface area contributed by atoms with E-state index in [1.807, 2.05) is 71.3 Å². The second-order valence-electron chi connectivity index (χ2n) is 14.3. The summed E-state index contributed by atoms with van der Waals surface area (Å²) < 4.78 is 15.4. The molecule has 15 heteroatoms. The topological polar surface area (TPSA) is 141 Å². The predicted molar refractivity (Wildman–Crippen MR) is 231 cm³/mol. The van der Waals surface area contributed by atoms with Crippen LogP contribution in [0.25, 0.3) is 0 Å². The molecule has 15 nitrogen and oxygen atoms in total. The average Bonchev–Trinajstić information content (AvgIpc) is 3.32. The third-order valence-corrected chi connectivity index (χ3v) is 10.7. The Hall–Kier alpha value is -6.06. The number of piperazine rings is 2. The molecular weight excluding hydrogens is 765 g/mol. The molecule has 0 radical (unpaired) electrons. The summed E-state index contributed by atoms with van der Waals surface area (Å²) in [6.45, 7) is 14.9. The summed E-state index contributed by atoms with van der Waals surface area (Å²) in [5.74, 6) is 0.986. The smallest absolute Gasteiger partial charge is 0.339 e. The minimum atomic E-state index is -0.441. The Labute approximate surface area is 353 Å². The molecule has 2 saturated heterocycles. The first-order valence-electron chi connectivity index (χ1n) is 20.5. The van der Waals surface area contributed by atoms with Gasteiger partial charge in [-0.3, -0.25) is 24.6 Å². The van der Waals surface area contributed by atoms with E-state index < -0.39 is 5.97 Å². The SMILES string of the molecule is CCC(=O)c1ccc(CN(C(=O)N2CCN(CC)CC2)c2cccc(OC)c2)nc1.CCN1CCN(C(=O)N(Cc2ccc(C(=O)OC)cn2)c2cccc(OC)c2)CC1. The van der Waals surface area contributed by atoms with Gasteiger partial charge < -0.3 is 33.8 Å². The number of methoxy groups -OCH3 is 3. The number of aromatic nitrogens is 2. The number of likely N-dealkylation sites (N-methyl/N-ethyl adjacent to an activating group) is 2. The molecule has 0 saturated carbocycles. The van der Waals surface area contributed by atoms with Crippen LogP contribution in [0.5, 0.6) is 11.5 Å². The van der Waals surface area contributed by atoms with Gasteiger partial charge in [-0.15, -0.1) is 0 Å². The number of carbonyl (C=O) groups is 4. The van der Waals surface area contributed by atoms with Crippen LogP contribution < -0.4 is 19.3 Å². The van der Waals surface area contributed by atoms with E-state index >= 15 is 0 Å². The molecule has 4 heterocycles. The van der Waals surface area contributed by atoms with Crippen molar-refractivity contribution in [3.8, 4) is 11.5 Å². The number of Topliss-reactive ketones (excluding diaryl/α,β-unsaturated/α-hetero) is 1. The van der Waals surface area contributed by atoms with Crippen molar-refractivity contribution in [3.05, 3.63) is 108 Å². The van der Waals surface area contributed by atoms with Gasteiger partial charge in [0.05, 0.1) is 51.4 Å². The van der Waals surface area contributed by atoms with Crippen LogP contribution in [0.15, 0.2) is 85.2 Å². The number of benzene rings is 2. The second kappa shape index (κ2) is 22.3. The van der Waals surface area contributed by atoms with Gasteiger partial charge in [-0.1, -0.05) is 32.9 Å². The standard InChI is InChI=1S/C23H30N4O3.C22H28N4O4/c1-4-22(28)18-9-10-19(24-16-18)17-27(20-7-6-8-21(15-20)30-3)23(29)26-13-11-25(5-2)12-14-26;1-4-24-10-12-25(13-11-24)22(28)26(19-6-5-7-20(14-19)29-2)16-18-9-8-17(15-23-18)21(27)30-3/h6-10,15-16H,4-5,11-14,17H2,1-3H3;5-9,14-15H,4,10-13,16H2,1-3H3. The fourth-order valence-electron chi connectivity index (χ4n) is 6.92. The molecule has 0 bridgehead atoms. The van der Waals surface area contributed by atoms with Crippen LogP contribution in [0.1, 0.15) is 59.3 Å². The van der Waals surface area contributed by atoms with Gasteiger partial charge in [0.25, 0.3) is 0 Å². The third-order valence-electron chi connectivity index (χ3n) is 10.7. The molecule has 2 aromatic heterocycles. The molecule has 0 spiro atoms. The first-order chi connectivity index (χ1) is 29.1. The first-order valence-corrected chi connectivity index (χ1v) is 20.5. The molecular formula is C45H58N8O7. The zero-order valence-corrected chi connectivity index (χ0v) is 35.7. The lowest BCUT2D eigenvalue weighted by Gasteiger charge is -2.37. The lowest BCUT2D eigenvalue weighted by atomic mass is 10.1. The van der Waals surface area contributed by atoms with Gasteiger partial charge in [-0.25, -0.2) is 14.4 Å². The summed E-state index contributed by atoms with van der Waals surface area (Å²) >= 11 is 0. The Bertz CT molecular complexity index is 1870. The van der Waals surface area contributed by atoms with E-state index in [0.717, 1.165) is 56.3 Å². The highest BCUT2D eigenvalue weighted by Crippen LogP contribution is 2.26. The van der Waals surface area contributed by atoms with Gasteiger partial charge in [-0.05, 0) is 61.6 Å². The third kappa shape index (κ3) is 12.0. The van der Waals surface area contributed by atoms with Crippen molar-refractivity contribution in [1.82, 2.24) is 29.6 Å². The van der Waals surface area contributed by atoms with E-state index in [-0.39, 0.29) is 24.4 Å². The second-order valence-corrected chi connectivity index (χ2v) is 14.3. The number of esters is 1. The van der Waals surface area contributed by atoms with Gasteiger partial charge in [0.1, 0.15) is 11.5 Å². The lowest BCUT2D eigenvalue weighted by molar-refractivity contribution is 0.0600. The first kappa shape index (κ1) is 45.0. The number of pyridine rings is 2. The van der Waals surface area contributed by atoms with Gasteiger partial charge in [0, 0.05) is 100 Å². The fourth-order valence-corrected chi connectivity index (χ4v) is 6.92. The van der Waals surface area contributed by atoms with Gasteiger partial charge in [0.15, 0.2) is 5.78 Å². The Balaban J connectivity index is 0.000000228. The number of amides is 4. The van der Waals surface area contributed by atoms with E-state index in [0.29, 0.717) is 67.5 Å². The molecule has 0 N–H and O–H groups in total. The number of rotatable bonds is 13. The average molecular weight is 823 g/mol. The lowest BCUT2D eigenvalue weighted by Crippen LogP contribution is -2.52. The highest BCUT2D eigenvalue weighted by Gasteiger charge is 2.28. The van der Waals surface area contributed by atoms with E-state index in [2.05, 4.69) is 33.6 Å². The predicted octanol–water partition coefficient (Wildman–Crippen LogP) is 6.09. The number of carbonyl (C=O) groups excluding carboxylic acids is 4. The number of hydrogen-bond acceptors (Lipinski definition) is 11. The molecule has 2 aromatic carbocycles. The van der Waals surface area contributed by atoms with E-state index in [1.54, 1.807) is 48.4 Å². The highest BCUT2D eigenvalue weighted by atomic mass is 16.5. The molecule has 4 aromatic rings. The van der Waals surface area contributed by atoms with Gasteiger partial charge in [0.2, 0.25) is 0 Å². The Kier molecular flexibility index (Phi) is 16.8. The minimum Gasteiger partial charge on any atom is -0.497 e. The van der Waals surface area contributed by atoms with Crippen molar-refractivity contribution in [2.24, 2.45) is 0 Å². The van der Waals surface area contributed by atoms with Crippen LogP contribution >= 0.6 is 0 Å². The Morgan fingerprint density at radius 3 is 1.37 bits per heavy atom. The van der Waals surface area contributed by atoms with Crippen molar-refractivity contribution >= 4 is 35.2 Å². The number of nitrogens with zero attached hydrogens (tertiary/aromatic N) is 8. The molecule has 2 fully saturated rings. The zero-order chi connectivity index (χ0) is 43.0. The summed E-state index contributed by atoms with van der Waals surface area (Å²) in [6.07, 6.45) is 3.50. The monoisotopic (exact) mass is 822 g/mol. The van der Waals surface area contributed by atoms with Crippen LogP contribution in [-0.2, 0) is 17.8 Å². The summed E-state index contributed by atoms with van der Waals surface area (Å²) in [7, 11) is 4.54. The summed E-state index contributed by atoms with van der Waals surface area (Å²) in [5.41, 5.74) is 3.85. The maximum absolute atomic E-state index is 13.4. The normalized spacial score (nSPS) is 14.4. The molecule has 2 aliphatic rings. The van der Waals surface area contributed by atoms with Crippen molar-refractivity contribution in [2.75, 3.05) is 96.6 Å². The number of anilines is 2. The van der Waals surface area contributed by atoms with Crippen molar-refractivity contribution in [2.45, 2.75) is 40.3 Å². The van der Waals surface area contributed by atoms with Crippen LogP contribution in [0.3, 0.4) is 0 Å². The van der Waals surface area contributed by atoms with Crippen LogP contribution in [0, 0.1) is 0 Å². The number of ether oxygens (including phenoxy) is 3. The molecule has 4 amide bonds. The van der Waals surface area contributed by atoms with Gasteiger partial charge in [-0.2, -0.15) is 0 Å². The van der Waals surface area contributed by atoms with Crippen molar-refractivity contribution in [1.29, 1.82) is 0 Å². The molecule has 2 aliphatic heterocycles. The van der Waals surface area contributed by atoms with Crippen molar-refractivity contribution in [3.63, 3.8) is 0 Å². The van der Waals surface area contributed by atoms with Gasteiger partial charge >= 0.3 is 18.0 Å². The quantitative estimate of drug-likeness (QED) is 0.114. The van der Waals surface area contributed by atoms with Crippen molar-refractivity contribution < 1.29 is 33.4 Å².